The van der Waals surface area contributed by atoms with Crippen LogP contribution in [0.1, 0.15) is 12.8 Å². The van der Waals surface area contributed by atoms with Crippen LogP contribution in [0.15, 0.2) is 36.7 Å². The molecule has 0 unspecified atom stereocenters. The van der Waals surface area contributed by atoms with E-state index in [2.05, 4.69) is 36.1 Å². The lowest BCUT2D eigenvalue weighted by molar-refractivity contribution is 0.635. The van der Waals surface area contributed by atoms with E-state index in [1.165, 1.54) is 12.8 Å². The molecule has 1 saturated carbocycles. The summed E-state index contributed by atoms with van der Waals surface area (Å²) < 4.78 is 0. The molecular formula is C16H20N6. The summed E-state index contributed by atoms with van der Waals surface area (Å²) in [6.45, 7) is 3.73. The lowest BCUT2D eigenvalue weighted by atomic mass is 10.3. The van der Waals surface area contributed by atoms with Crippen LogP contribution in [0.2, 0.25) is 0 Å². The highest BCUT2D eigenvalue weighted by Crippen LogP contribution is 2.24. The molecule has 114 valence electrons. The van der Waals surface area contributed by atoms with Gasteiger partial charge in [-0.2, -0.15) is 4.98 Å². The molecule has 1 saturated heterocycles. The van der Waals surface area contributed by atoms with Crippen LogP contribution >= 0.6 is 0 Å². The maximum atomic E-state index is 4.64. The highest BCUT2D eigenvalue weighted by Gasteiger charge is 2.23. The minimum absolute atomic E-state index is 0.615. The van der Waals surface area contributed by atoms with Crippen LogP contribution in [-0.4, -0.2) is 47.2 Å². The van der Waals surface area contributed by atoms with Crippen LogP contribution < -0.4 is 15.1 Å². The van der Waals surface area contributed by atoms with E-state index in [9.17, 15) is 0 Å². The maximum Gasteiger partial charge on any atom is 0.227 e. The second-order valence-corrected chi connectivity index (χ2v) is 5.82. The molecule has 0 atom stereocenters. The van der Waals surface area contributed by atoms with E-state index < -0.39 is 0 Å². The summed E-state index contributed by atoms with van der Waals surface area (Å²) in [6, 6.07) is 8.61. The van der Waals surface area contributed by atoms with E-state index in [4.69, 9.17) is 0 Å². The minimum Gasteiger partial charge on any atom is -0.367 e. The fourth-order valence-corrected chi connectivity index (χ4v) is 2.69. The summed E-state index contributed by atoms with van der Waals surface area (Å²) in [7, 11) is 0. The third-order valence-corrected chi connectivity index (χ3v) is 4.11. The molecule has 2 aromatic rings. The molecule has 2 fully saturated rings. The van der Waals surface area contributed by atoms with Gasteiger partial charge in [0.1, 0.15) is 11.6 Å². The van der Waals surface area contributed by atoms with Crippen LogP contribution in [0.5, 0.6) is 0 Å². The Morgan fingerprint density at radius 1 is 0.909 bits per heavy atom. The number of nitrogens with one attached hydrogen (secondary N) is 1. The van der Waals surface area contributed by atoms with Crippen molar-refractivity contribution < 1.29 is 0 Å². The zero-order chi connectivity index (χ0) is 14.8. The van der Waals surface area contributed by atoms with Crippen LogP contribution in [0.4, 0.5) is 17.6 Å². The Labute approximate surface area is 130 Å². The first kappa shape index (κ1) is 13.3. The Hall–Kier alpha value is -2.37. The van der Waals surface area contributed by atoms with Gasteiger partial charge in [-0.1, -0.05) is 6.07 Å². The SMILES string of the molecule is c1ccc(N2CCN(c3nccc(NC4CC4)n3)CC2)nc1. The summed E-state index contributed by atoms with van der Waals surface area (Å²) in [5.41, 5.74) is 0. The first-order chi connectivity index (χ1) is 10.9. The molecule has 22 heavy (non-hydrogen) atoms. The van der Waals surface area contributed by atoms with Crippen LogP contribution in [-0.2, 0) is 0 Å². The normalized spacial score (nSPS) is 18.4. The van der Waals surface area contributed by atoms with E-state index in [0.29, 0.717) is 6.04 Å². The van der Waals surface area contributed by atoms with Crippen molar-refractivity contribution in [3.63, 3.8) is 0 Å². The first-order valence-electron chi connectivity index (χ1n) is 7.89. The van der Waals surface area contributed by atoms with Crippen molar-refractivity contribution in [3.05, 3.63) is 36.7 Å². The van der Waals surface area contributed by atoms with Gasteiger partial charge in [-0.15, -0.1) is 0 Å². The number of hydrogen-bond donors (Lipinski definition) is 1. The van der Waals surface area contributed by atoms with Gasteiger partial charge in [-0.25, -0.2) is 9.97 Å². The van der Waals surface area contributed by atoms with Crippen LogP contribution in [0.25, 0.3) is 0 Å². The summed E-state index contributed by atoms with van der Waals surface area (Å²) in [6.07, 6.45) is 6.19. The second-order valence-electron chi connectivity index (χ2n) is 5.82. The lowest BCUT2D eigenvalue weighted by Gasteiger charge is -2.35. The molecule has 2 aromatic heterocycles. The number of nitrogens with zero attached hydrogens (tertiary/aromatic N) is 5. The summed E-state index contributed by atoms with van der Waals surface area (Å²) in [5.74, 6) is 2.82. The highest BCUT2D eigenvalue weighted by molar-refractivity contribution is 5.45. The first-order valence-corrected chi connectivity index (χ1v) is 7.89. The van der Waals surface area contributed by atoms with Gasteiger partial charge in [0, 0.05) is 44.6 Å². The smallest absolute Gasteiger partial charge is 0.227 e. The van der Waals surface area contributed by atoms with Gasteiger partial charge in [0.05, 0.1) is 0 Å². The molecule has 1 N–H and O–H groups in total. The van der Waals surface area contributed by atoms with Gasteiger partial charge < -0.3 is 15.1 Å². The quantitative estimate of drug-likeness (QED) is 0.928. The number of rotatable bonds is 4. The molecule has 0 aromatic carbocycles. The van der Waals surface area contributed by atoms with E-state index in [0.717, 1.165) is 43.8 Å². The molecule has 3 heterocycles. The van der Waals surface area contributed by atoms with Crippen molar-refractivity contribution in [2.75, 3.05) is 41.3 Å². The topological polar surface area (TPSA) is 57.2 Å². The fraction of sp³-hybridized carbons (Fsp3) is 0.438. The largest absolute Gasteiger partial charge is 0.367 e. The van der Waals surface area contributed by atoms with Crippen molar-refractivity contribution in [2.45, 2.75) is 18.9 Å². The minimum atomic E-state index is 0.615. The number of hydrogen-bond acceptors (Lipinski definition) is 6. The second kappa shape index (κ2) is 5.79. The van der Waals surface area contributed by atoms with E-state index in [1.54, 1.807) is 0 Å². The van der Waals surface area contributed by atoms with Gasteiger partial charge in [-0.05, 0) is 31.0 Å². The molecule has 2 aliphatic rings. The molecule has 0 radical (unpaired) electrons. The third kappa shape index (κ3) is 2.95. The lowest BCUT2D eigenvalue weighted by Crippen LogP contribution is -2.47. The van der Waals surface area contributed by atoms with Crippen molar-refractivity contribution >= 4 is 17.6 Å². The molecule has 1 aliphatic carbocycles. The summed E-state index contributed by atoms with van der Waals surface area (Å²) in [5, 5.41) is 3.43. The highest BCUT2D eigenvalue weighted by atomic mass is 15.3. The van der Waals surface area contributed by atoms with Crippen molar-refractivity contribution in [1.82, 2.24) is 15.0 Å². The monoisotopic (exact) mass is 296 g/mol. The number of pyridine rings is 1. The van der Waals surface area contributed by atoms with E-state index in [1.807, 2.05) is 30.6 Å². The Morgan fingerprint density at radius 2 is 1.73 bits per heavy atom. The molecule has 0 spiro atoms. The van der Waals surface area contributed by atoms with Crippen LogP contribution in [0.3, 0.4) is 0 Å². The average Bonchev–Trinajstić information content (AvgIpc) is 3.40. The standard InChI is InChI=1S/C16H20N6/c1-2-7-17-15(3-1)21-9-11-22(12-10-21)16-18-8-6-14(20-16)19-13-4-5-13/h1-3,6-8,13H,4-5,9-12H2,(H,18,19,20). The van der Waals surface area contributed by atoms with E-state index >= 15 is 0 Å². The Kier molecular flexibility index (Phi) is 3.50. The van der Waals surface area contributed by atoms with Crippen molar-refractivity contribution in [2.24, 2.45) is 0 Å². The molecule has 0 bridgehead atoms. The van der Waals surface area contributed by atoms with Crippen LogP contribution in [0, 0.1) is 0 Å². The maximum absolute atomic E-state index is 4.64. The number of anilines is 3. The predicted molar refractivity (Wildman–Crippen MR) is 87.3 cm³/mol. The zero-order valence-electron chi connectivity index (χ0n) is 12.5. The molecule has 6 heteroatoms. The molecule has 1 aliphatic heterocycles. The van der Waals surface area contributed by atoms with Crippen molar-refractivity contribution in [1.29, 1.82) is 0 Å². The zero-order valence-corrected chi connectivity index (χ0v) is 12.5. The van der Waals surface area contributed by atoms with Gasteiger partial charge in [0.2, 0.25) is 5.95 Å². The Bertz CT molecular complexity index is 620. The Morgan fingerprint density at radius 3 is 2.45 bits per heavy atom. The van der Waals surface area contributed by atoms with E-state index in [-0.39, 0.29) is 0 Å². The molecular weight excluding hydrogens is 276 g/mol. The fourth-order valence-electron chi connectivity index (χ4n) is 2.69. The van der Waals surface area contributed by atoms with Gasteiger partial charge in [0.25, 0.3) is 0 Å². The molecule has 0 amide bonds. The molecule has 6 nitrogen and oxygen atoms in total. The number of aromatic nitrogens is 3. The number of piperazine rings is 1. The van der Waals surface area contributed by atoms with Gasteiger partial charge in [-0.3, -0.25) is 0 Å². The summed E-state index contributed by atoms with van der Waals surface area (Å²) >= 11 is 0. The molecule has 4 rings (SSSR count). The summed E-state index contributed by atoms with van der Waals surface area (Å²) in [4.78, 5) is 18.0. The average molecular weight is 296 g/mol. The van der Waals surface area contributed by atoms with Gasteiger partial charge in [0.15, 0.2) is 0 Å². The predicted octanol–water partition coefficient (Wildman–Crippen LogP) is 1.77. The van der Waals surface area contributed by atoms with Gasteiger partial charge >= 0.3 is 0 Å². The van der Waals surface area contributed by atoms with Crippen molar-refractivity contribution in [3.8, 4) is 0 Å². The Balaban J connectivity index is 1.40. The third-order valence-electron chi connectivity index (χ3n) is 4.11.